The monoisotopic (exact) mass is 308 g/mol. The maximum absolute atomic E-state index is 11.5. The van der Waals surface area contributed by atoms with Crippen LogP contribution in [-0.4, -0.2) is 59.4 Å². The van der Waals surface area contributed by atoms with E-state index < -0.39 is 5.79 Å². The van der Waals surface area contributed by atoms with Gasteiger partial charge in [-0.15, -0.1) is 23.5 Å². The lowest BCUT2D eigenvalue weighted by Crippen LogP contribution is -2.42. The van der Waals surface area contributed by atoms with Gasteiger partial charge in [-0.25, -0.2) is 0 Å². The molecule has 0 spiro atoms. The molecule has 2 saturated heterocycles. The van der Waals surface area contributed by atoms with Crippen LogP contribution in [0.4, 0.5) is 0 Å². The molecule has 0 atom stereocenters. The minimum Gasteiger partial charge on any atom is -0.463 e. The largest absolute Gasteiger partial charge is 0.463 e. The summed E-state index contributed by atoms with van der Waals surface area (Å²) in [5, 5.41) is 8.62. The summed E-state index contributed by atoms with van der Waals surface area (Å²) in [6.07, 6.45) is 1.99. The van der Waals surface area contributed by atoms with E-state index in [1.807, 2.05) is 23.5 Å². The smallest absolute Gasteiger partial charge is 0.306 e. The van der Waals surface area contributed by atoms with E-state index in [-0.39, 0.29) is 30.2 Å². The third kappa shape index (κ3) is 4.26. The number of thioether (sulfide) groups is 2. The van der Waals surface area contributed by atoms with Gasteiger partial charge in [0.1, 0.15) is 11.2 Å². The number of hydrogen-bond acceptors (Lipinski definition) is 7. The topological polar surface area (TPSA) is 65.0 Å². The Morgan fingerprint density at radius 1 is 1.32 bits per heavy atom. The second-order valence-electron chi connectivity index (χ2n) is 4.38. The first-order chi connectivity index (χ1) is 9.27. The van der Waals surface area contributed by atoms with Gasteiger partial charge < -0.3 is 19.3 Å². The Morgan fingerprint density at radius 2 is 2.00 bits per heavy atom. The Labute approximate surface area is 121 Å². The van der Waals surface area contributed by atoms with Crippen LogP contribution in [0.2, 0.25) is 0 Å². The molecule has 5 nitrogen and oxygen atoms in total. The van der Waals surface area contributed by atoms with E-state index in [2.05, 4.69) is 0 Å². The van der Waals surface area contributed by atoms with Crippen molar-refractivity contribution < 1.29 is 24.1 Å². The summed E-state index contributed by atoms with van der Waals surface area (Å²) in [5.74, 6) is 1.27. The number of carbonyl (C=O) groups is 1. The van der Waals surface area contributed by atoms with Crippen LogP contribution in [0.15, 0.2) is 0 Å². The van der Waals surface area contributed by atoms with Gasteiger partial charge in [0.05, 0.1) is 26.2 Å². The number of carbonyl (C=O) groups excluding carboxylic acids is 1. The molecule has 0 unspecified atom stereocenters. The zero-order valence-corrected chi connectivity index (χ0v) is 12.5. The van der Waals surface area contributed by atoms with Crippen molar-refractivity contribution in [1.29, 1.82) is 0 Å². The van der Waals surface area contributed by atoms with Gasteiger partial charge >= 0.3 is 5.97 Å². The van der Waals surface area contributed by atoms with Crippen LogP contribution in [0.25, 0.3) is 0 Å². The third-order valence-corrected chi connectivity index (χ3v) is 6.18. The number of aliphatic hydroxyl groups excluding tert-OH is 1. The van der Waals surface area contributed by atoms with Crippen molar-refractivity contribution >= 4 is 29.5 Å². The normalized spacial score (nSPS) is 23.4. The molecule has 2 heterocycles. The second-order valence-corrected chi connectivity index (χ2v) is 7.10. The average molecular weight is 308 g/mol. The van der Waals surface area contributed by atoms with Crippen LogP contribution >= 0.6 is 23.5 Å². The lowest BCUT2D eigenvalue weighted by Gasteiger charge is -2.36. The van der Waals surface area contributed by atoms with Crippen LogP contribution in [0, 0.1) is 0 Å². The summed E-state index contributed by atoms with van der Waals surface area (Å²) in [6, 6.07) is 0. The van der Waals surface area contributed by atoms with E-state index in [0.717, 1.165) is 11.5 Å². The molecular formula is C12H20O5S2. The van der Waals surface area contributed by atoms with Crippen LogP contribution in [0.1, 0.15) is 19.3 Å². The fourth-order valence-electron chi connectivity index (χ4n) is 2.12. The maximum Gasteiger partial charge on any atom is 0.306 e. The van der Waals surface area contributed by atoms with Gasteiger partial charge in [0.15, 0.2) is 5.79 Å². The molecule has 1 N–H and O–H groups in total. The highest BCUT2D eigenvalue weighted by Gasteiger charge is 2.46. The molecule has 2 fully saturated rings. The minimum absolute atomic E-state index is 0.0560. The Balaban J connectivity index is 1.86. The molecule has 0 bridgehead atoms. The van der Waals surface area contributed by atoms with E-state index in [1.165, 1.54) is 6.42 Å². The van der Waals surface area contributed by atoms with E-state index >= 15 is 0 Å². The zero-order chi connectivity index (χ0) is 13.6. The zero-order valence-electron chi connectivity index (χ0n) is 10.8. The predicted molar refractivity (Wildman–Crippen MR) is 75.2 cm³/mol. The number of hydrogen-bond donors (Lipinski definition) is 1. The van der Waals surface area contributed by atoms with Crippen molar-refractivity contribution in [3.63, 3.8) is 0 Å². The third-order valence-electron chi connectivity index (χ3n) is 2.99. The molecule has 2 aliphatic rings. The standard InChI is InChI=1S/C12H20O5S2/c13-4-5-15-10(14)2-3-12(16-6-7-17-12)11-18-8-1-9-19-11/h11,13H,1-9H2. The second kappa shape index (κ2) is 7.73. The molecule has 0 aromatic rings. The number of rotatable bonds is 6. The summed E-state index contributed by atoms with van der Waals surface area (Å²) in [5.41, 5.74) is 0. The molecular weight excluding hydrogens is 288 g/mol. The van der Waals surface area contributed by atoms with Gasteiger partial charge in [-0.05, 0) is 17.9 Å². The molecule has 19 heavy (non-hydrogen) atoms. The van der Waals surface area contributed by atoms with E-state index in [0.29, 0.717) is 19.6 Å². The van der Waals surface area contributed by atoms with Crippen LogP contribution < -0.4 is 0 Å². The van der Waals surface area contributed by atoms with Crippen molar-refractivity contribution in [2.45, 2.75) is 29.6 Å². The first kappa shape index (κ1) is 15.4. The van der Waals surface area contributed by atoms with Crippen molar-refractivity contribution in [3.8, 4) is 0 Å². The Hall–Kier alpha value is 0.0500. The molecule has 2 rings (SSSR count). The first-order valence-corrected chi connectivity index (χ1v) is 8.64. The van der Waals surface area contributed by atoms with Gasteiger partial charge in [-0.2, -0.15) is 0 Å². The average Bonchev–Trinajstić information content (AvgIpc) is 2.94. The van der Waals surface area contributed by atoms with Gasteiger partial charge in [-0.3, -0.25) is 4.79 Å². The summed E-state index contributed by atoms with van der Waals surface area (Å²) >= 11 is 3.70. The number of ether oxygens (including phenoxy) is 3. The van der Waals surface area contributed by atoms with Gasteiger partial charge in [0.2, 0.25) is 0 Å². The molecule has 0 radical (unpaired) electrons. The van der Waals surface area contributed by atoms with Gasteiger partial charge in [-0.1, -0.05) is 0 Å². The van der Waals surface area contributed by atoms with E-state index in [9.17, 15) is 4.79 Å². The van der Waals surface area contributed by atoms with E-state index in [1.54, 1.807) is 0 Å². The van der Waals surface area contributed by atoms with Crippen molar-refractivity contribution in [2.75, 3.05) is 37.9 Å². The Bertz CT molecular complexity index is 288. The fraction of sp³-hybridized carbons (Fsp3) is 0.917. The molecule has 2 aliphatic heterocycles. The highest BCUT2D eigenvalue weighted by atomic mass is 32.2. The molecule has 0 aliphatic carbocycles. The van der Waals surface area contributed by atoms with Crippen LogP contribution in [-0.2, 0) is 19.0 Å². The molecule has 0 aromatic heterocycles. The van der Waals surface area contributed by atoms with Crippen LogP contribution in [0.3, 0.4) is 0 Å². The highest BCUT2D eigenvalue weighted by Crippen LogP contribution is 2.44. The quantitative estimate of drug-likeness (QED) is 0.741. The molecule has 7 heteroatoms. The summed E-state index contributed by atoms with van der Waals surface area (Å²) in [6.45, 7) is 1.09. The lowest BCUT2D eigenvalue weighted by atomic mass is 10.1. The summed E-state index contributed by atoms with van der Waals surface area (Å²) < 4.78 is 16.7. The Morgan fingerprint density at radius 3 is 2.63 bits per heavy atom. The lowest BCUT2D eigenvalue weighted by molar-refractivity contribution is -0.162. The minimum atomic E-state index is -0.645. The van der Waals surface area contributed by atoms with Crippen LogP contribution in [0.5, 0.6) is 0 Å². The SMILES string of the molecule is O=C(CCC1(C2SCCCS2)OCCO1)OCCO. The highest BCUT2D eigenvalue weighted by molar-refractivity contribution is 8.17. The summed E-state index contributed by atoms with van der Waals surface area (Å²) in [4.78, 5) is 11.5. The van der Waals surface area contributed by atoms with Gasteiger partial charge in [0.25, 0.3) is 0 Å². The fourth-order valence-corrected chi connectivity index (χ4v) is 5.33. The number of esters is 1. The Kier molecular flexibility index (Phi) is 6.28. The molecule has 110 valence electrons. The van der Waals surface area contributed by atoms with Crippen molar-refractivity contribution in [3.05, 3.63) is 0 Å². The molecule has 0 aromatic carbocycles. The number of aliphatic hydroxyl groups is 1. The summed E-state index contributed by atoms with van der Waals surface area (Å²) in [7, 11) is 0. The molecule has 0 amide bonds. The van der Waals surface area contributed by atoms with Gasteiger partial charge in [0, 0.05) is 6.42 Å². The van der Waals surface area contributed by atoms with Crippen molar-refractivity contribution in [1.82, 2.24) is 0 Å². The van der Waals surface area contributed by atoms with E-state index in [4.69, 9.17) is 19.3 Å². The predicted octanol–water partition coefficient (Wildman–Crippen LogP) is 1.24. The molecule has 0 saturated carbocycles. The maximum atomic E-state index is 11.5. The van der Waals surface area contributed by atoms with Crippen molar-refractivity contribution in [2.24, 2.45) is 0 Å². The first-order valence-electron chi connectivity index (χ1n) is 6.54.